The van der Waals surface area contributed by atoms with Crippen molar-refractivity contribution < 1.29 is 4.74 Å². The molecule has 0 saturated carbocycles. The molecular formula is C12H23N3OS. The fourth-order valence-electron chi connectivity index (χ4n) is 1.43. The molecule has 1 N–H and O–H groups in total. The first-order chi connectivity index (χ1) is 8.17. The maximum atomic E-state index is 5.52. The first-order valence-corrected chi connectivity index (χ1v) is 7.16. The topological polar surface area (TPSA) is 47.0 Å². The van der Waals surface area contributed by atoms with Crippen molar-refractivity contribution in [1.82, 2.24) is 15.5 Å². The fraction of sp³-hybridized carbons (Fsp3) is 0.833. The largest absolute Gasteiger partial charge is 0.372 e. The summed E-state index contributed by atoms with van der Waals surface area (Å²) < 4.78 is 5.52. The minimum Gasteiger partial charge on any atom is -0.372 e. The van der Waals surface area contributed by atoms with Gasteiger partial charge in [0.2, 0.25) is 0 Å². The summed E-state index contributed by atoms with van der Waals surface area (Å²) in [5.74, 6) is 0. The van der Waals surface area contributed by atoms with Crippen LogP contribution in [0.3, 0.4) is 0 Å². The first kappa shape index (κ1) is 14.5. The lowest BCUT2D eigenvalue weighted by atomic mass is 10.2. The normalized spacial score (nSPS) is 13.2. The van der Waals surface area contributed by atoms with Crippen LogP contribution in [0, 0.1) is 0 Å². The molecule has 1 aromatic rings. The van der Waals surface area contributed by atoms with E-state index in [1.165, 1.54) is 0 Å². The smallest absolute Gasteiger partial charge is 0.143 e. The Morgan fingerprint density at radius 1 is 1.29 bits per heavy atom. The van der Waals surface area contributed by atoms with Gasteiger partial charge in [0.15, 0.2) is 0 Å². The Hall–Kier alpha value is -0.520. The van der Waals surface area contributed by atoms with Gasteiger partial charge in [0, 0.05) is 0 Å². The number of ether oxygens (including phenoxy) is 1. The standard InChI is InChI=1S/C12H23N3OS/c1-5-7-13-10(6-2)12-15-14-11(17-12)8-16-9(3)4/h9-10,13H,5-8H2,1-4H3. The van der Waals surface area contributed by atoms with Gasteiger partial charge in [0.05, 0.1) is 12.1 Å². The van der Waals surface area contributed by atoms with E-state index in [0.717, 1.165) is 29.4 Å². The molecule has 1 rings (SSSR count). The van der Waals surface area contributed by atoms with Gasteiger partial charge in [-0.2, -0.15) is 0 Å². The molecule has 0 aliphatic heterocycles. The van der Waals surface area contributed by atoms with Crippen LogP contribution < -0.4 is 5.32 Å². The number of nitrogens with one attached hydrogen (secondary N) is 1. The van der Waals surface area contributed by atoms with E-state index in [9.17, 15) is 0 Å². The molecule has 17 heavy (non-hydrogen) atoms. The molecule has 0 spiro atoms. The van der Waals surface area contributed by atoms with Crippen molar-refractivity contribution in [2.24, 2.45) is 0 Å². The fourth-order valence-corrected chi connectivity index (χ4v) is 2.35. The van der Waals surface area contributed by atoms with E-state index in [2.05, 4.69) is 29.4 Å². The van der Waals surface area contributed by atoms with Crippen LogP contribution in [0.4, 0.5) is 0 Å². The molecule has 1 unspecified atom stereocenters. The highest BCUT2D eigenvalue weighted by atomic mass is 32.1. The summed E-state index contributed by atoms with van der Waals surface area (Å²) in [7, 11) is 0. The third kappa shape index (κ3) is 5.10. The summed E-state index contributed by atoms with van der Waals surface area (Å²) in [5, 5.41) is 13.9. The Kier molecular flexibility index (Phi) is 6.62. The van der Waals surface area contributed by atoms with E-state index < -0.39 is 0 Å². The van der Waals surface area contributed by atoms with Gasteiger partial charge >= 0.3 is 0 Å². The van der Waals surface area contributed by atoms with Crippen LogP contribution in [0.5, 0.6) is 0 Å². The SMILES string of the molecule is CCCNC(CC)c1nnc(COC(C)C)s1. The summed E-state index contributed by atoms with van der Waals surface area (Å²) in [6, 6.07) is 0.334. The van der Waals surface area contributed by atoms with Crippen molar-refractivity contribution in [2.45, 2.75) is 59.3 Å². The summed E-state index contributed by atoms with van der Waals surface area (Å²) in [5.41, 5.74) is 0. The van der Waals surface area contributed by atoms with Gasteiger partial charge in [0.25, 0.3) is 0 Å². The predicted molar refractivity (Wildman–Crippen MR) is 71.2 cm³/mol. The summed E-state index contributed by atoms with van der Waals surface area (Å²) in [6.45, 7) is 9.98. The molecule has 0 aliphatic carbocycles. The Labute approximate surface area is 108 Å². The molecule has 0 saturated heterocycles. The van der Waals surface area contributed by atoms with Gasteiger partial charge in [-0.1, -0.05) is 25.2 Å². The molecule has 1 aromatic heterocycles. The molecule has 4 nitrogen and oxygen atoms in total. The van der Waals surface area contributed by atoms with Crippen LogP contribution in [-0.2, 0) is 11.3 Å². The second-order valence-electron chi connectivity index (χ2n) is 4.31. The van der Waals surface area contributed by atoms with Crippen molar-refractivity contribution in [1.29, 1.82) is 0 Å². The number of hydrogen-bond acceptors (Lipinski definition) is 5. The van der Waals surface area contributed by atoms with Crippen LogP contribution in [0.2, 0.25) is 0 Å². The van der Waals surface area contributed by atoms with Crippen molar-refractivity contribution >= 4 is 11.3 Å². The summed E-state index contributed by atoms with van der Waals surface area (Å²) in [4.78, 5) is 0. The van der Waals surface area contributed by atoms with Gasteiger partial charge in [0.1, 0.15) is 16.6 Å². The molecule has 98 valence electrons. The quantitative estimate of drug-likeness (QED) is 0.778. The van der Waals surface area contributed by atoms with Crippen molar-refractivity contribution in [2.75, 3.05) is 6.54 Å². The van der Waals surface area contributed by atoms with Crippen LogP contribution in [0.25, 0.3) is 0 Å². The second-order valence-corrected chi connectivity index (χ2v) is 5.40. The molecule has 1 atom stereocenters. The van der Waals surface area contributed by atoms with E-state index >= 15 is 0 Å². The number of hydrogen-bond donors (Lipinski definition) is 1. The lowest BCUT2D eigenvalue weighted by molar-refractivity contribution is 0.0652. The number of aromatic nitrogens is 2. The van der Waals surface area contributed by atoms with Gasteiger partial charge in [-0.3, -0.25) is 0 Å². The van der Waals surface area contributed by atoms with Crippen molar-refractivity contribution in [3.8, 4) is 0 Å². The monoisotopic (exact) mass is 257 g/mol. The van der Waals surface area contributed by atoms with E-state index in [0.29, 0.717) is 12.6 Å². The Morgan fingerprint density at radius 3 is 2.65 bits per heavy atom. The maximum Gasteiger partial charge on any atom is 0.143 e. The van der Waals surface area contributed by atoms with Crippen molar-refractivity contribution in [3.05, 3.63) is 10.0 Å². The summed E-state index contributed by atoms with van der Waals surface area (Å²) >= 11 is 1.65. The van der Waals surface area contributed by atoms with Crippen LogP contribution in [0.15, 0.2) is 0 Å². The number of rotatable bonds is 8. The predicted octanol–water partition coefficient (Wildman–Crippen LogP) is 2.91. The zero-order valence-corrected chi connectivity index (χ0v) is 12.0. The average Bonchev–Trinajstić information content (AvgIpc) is 2.76. The van der Waals surface area contributed by atoms with E-state index in [1.807, 2.05) is 13.8 Å². The lowest BCUT2D eigenvalue weighted by Gasteiger charge is -2.12. The average molecular weight is 257 g/mol. The third-order valence-electron chi connectivity index (χ3n) is 2.37. The Balaban J connectivity index is 2.52. The second kappa shape index (κ2) is 7.74. The van der Waals surface area contributed by atoms with Crippen LogP contribution >= 0.6 is 11.3 Å². The van der Waals surface area contributed by atoms with Gasteiger partial charge < -0.3 is 10.1 Å². The molecule has 0 aromatic carbocycles. The van der Waals surface area contributed by atoms with Gasteiger partial charge in [-0.15, -0.1) is 10.2 Å². The van der Waals surface area contributed by atoms with Crippen LogP contribution in [0.1, 0.15) is 56.6 Å². The minimum atomic E-state index is 0.238. The zero-order chi connectivity index (χ0) is 12.7. The van der Waals surface area contributed by atoms with E-state index in [1.54, 1.807) is 11.3 Å². The molecule has 0 amide bonds. The highest BCUT2D eigenvalue weighted by Gasteiger charge is 2.14. The molecule has 0 aliphatic rings. The zero-order valence-electron chi connectivity index (χ0n) is 11.2. The molecular weight excluding hydrogens is 234 g/mol. The Bertz CT molecular complexity index is 314. The number of nitrogens with zero attached hydrogens (tertiary/aromatic N) is 2. The minimum absolute atomic E-state index is 0.238. The van der Waals surface area contributed by atoms with Gasteiger partial charge in [-0.05, 0) is 33.2 Å². The molecule has 0 fully saturated rings. The van der Waals surface area contributed by atoms with Gasteiger partial charge in [-0.25, -0.2) is 0 Å². The van der Waals surface area contributed by atoms with E-state index in [-0.39, 0.29) is 6.10 Å². The highest BCUT2D eigenvalue weighted by Crippen LogP contribution is 2.21. The molecule has 5 heteroatoms. The Morgan fingerprint density at radius 2 is 2.06 bits per heavy atom. The third-order valence-corrected chi connectivity index (χ3v) is 3.38. The first-order valence-electron chi connectivity index (χ1n) is 6.34. The lowest BCUT2D eigenvalue weighted by Crippen LogP contribution is -2.21. The van der Waals surface area contributed by atoms with E-state index in [4.69, 9.17) is 4.74 Å². The molecule has 0 bridgehead atoms. The molecule has 1 heterocycles. The van der Waals surface area contributed by atoms with Crippen LogP contribution in [-0.4, -0.2) is 22.8 Å². The molecule has 0 radical (unpaired) electrons. The maximum absolute atomic E-state index is 5.52. The summed E-state index contributed by atoms with van der Waals surface area (Å²) in [6.07, 6.45) is 2.42. The van der Waals surface area contributed by atoms with Crippen molar-refractivity contribution in [3.63, 3.8) is 0 Å². The highest BCUT2D eigenvalue weighted by molar-refractivity contribution is 7.11.